The van der Waals surface area contributed by atoms with Gasteiger partial charge in [-0.2, -0.15) is 5.10 Å². The zero-order chi connectivity index (χ0) is 19.7. The van der Waals surface area contributed by atoms with E-state index in [-0.39, 0.29) is 5.91 Å². The van der Waals surface area contributed by atoms with Crippen LogP contribution >= 0.6 is 0 Å². The maximum atomic E-state index is 12.5. The van der Waals surface area contributed by atoms with Crippen molar-refractivity contribution in [3.05, 3.63) is 65.7 Å². The fourth-order valence-corrected chi connectivity index (χ4v) is 3.42. The van der Waals surface area contributed by atoms with E-state index in [0.29, 0.717) is 11.4 Å². The number of methoxy groups -OCH3 is 1. The first-order valence-corrected chi connectivity index (χ1v) is 9.20. The summed E-state index contributed by atoms with van der Waals surface area (Å²) in [5.74, 6) is 1.14. The van der Waals surface area contributed by atoms with Crippen molar-refractivity contribution in [2.75, 3.05) is 12.4 Å². The zero-order valence-corrected chi connectivity index (χ0v) is 16.1. The molecule has 0 atom stereocenters. The third-order valence-corrected chi connectivity index (χ3v) is 4.80. The van der Waals surface area contributed by atoms with E-state index in [1.54, 1.807) is 13.2 Å². The van der Waals surface area contributed by atoms with Gasteiger partial charge in [-0.3, -0.25) is 9.89 Å². The average molecular weight is 374 g/mol. The monoisotopic (exact) mass is 374 g/mol. The van der Waals surface area contributed by atoms with E-state index in [1.807, 2.05) is 49.4 Å². The molecule has 0 unspecified atom stereocenters. The number of amides is 1. The van der Waals surface area contributed by atoms with Crippen molar-refractivity contribution in [3.63, 3.8) is 0 Å². The lowest BCUT2D eigenvalue weighted by atomic mass is 10.1. The molecule has 2 aromatic heterocycles. The number of aromatic nitrogens is 3. The Hall–Kier alpha value is -3.54. The molecule has 4 aromatic rings. The van der Waals surface area contributed by atoms with Gasteiger partial charge in [0, 0.05) is 29.6 Å². The third kappa shape index (κ3) is 3.24. The molecule has 2 aromatic carbocycles. The summed E-state index contributed by atoms with van der Waals surface area (Å²) in [5.41, 5.74) is 4.60. The number of aromatic amines is 1. The van der Waals surface area contributed by atoms with Gasteiger partial charge in [-0.05, 0) is 44.2 Å². The van der Waals surface area contributed by atoms with Gasteiger partial charge >= 0.3 is 0 Å². The molecule has 4 rings (SSSR count). The predicted molar refractivity (Wildman–Crippen MR) is 111 cm³/mol. The highest BCUT2D eigenvalue weighted by atomic mass is 16.5. The Morgan fingerprint density at radius 3 is 2.79 bits per heavy atom. The molecule has 142 valence electrons. The zero-order valence-electron chi connectivity index (χ0n) is 16.1. The molecule has 0 fully saturated rings. The largest absolute Gasteiger partial charge is 0.497 e. The summed E-state index contributed by atoms with van der Waals surface area (Å²) in [6.07, 6.45) is 0. The molecule has 0 bridgehead atoms. The molecule has 28 heavy (non-hydrogen) atoms. The lowest BCUT2D eigenvalue weighted by Gasteiger charge is -2.07. The van der Waals surface area contributed by atoms with E-state index >= 15 is 0 Å². The highest BCUT2D eigenvalue weighted by Gasteiger charge is 2.14. The molecule has 6 nitrogen and oxygen atoms in total. The van der Waals surface area contributed by atoms with Crippen molar-refractivity contribution < 1.29 is 9.53 Å². The molecule has 0 saturated carbocycles. The van der Waals surface area contributed by atoms with Crippen LogP contribution in [0, 0.1) is 6.92 Å². The highest BCUT2D eigenvalue weighted by Crippen LogP contribution is 2.30. The summed E-state index contributed by atoms with van der Waals surface area (Å²) < 4.78 is 7.55. The fraction of sp³-hybridized carbons (Fsp3) is 0.182. The number of benzene rings is 2. The van der Waals surface area contributed by atoms with Crippen molar-refractivity contribution >= 4 is 22.6 Å². The summed E-state index contributed by atoms with van der Waals surface area (Å²) >= 11 is 0. The number of rotatable bonds is 5. The topological polar surface area (TPSA) is 71.9 Å². The smallest absolute Gasteiger partial charge is 0.256 e. The van der Waals surface area contributed by atoms with Gasteiger partial charge in [-0.25, -0.2) is 0 Å². The van der Waals surface area contributed by atoms with Crippen molar-refractivity contribution in [1.82, 2.24) is 14.8 Å². The standard InChI is InChI=1S/C22H22N4O2/c1-4-26-19-12-17(28-3)9-8-15(19)11-20(26)18-13-21(25-24-18)23-22(27)16-7-5-6-14(2)10-16/h5-13H,4H2,1-3H3,(H2,23,24,25,27). The van der Waals surface area contributed by atoms with Crippen LogP contribution in [0.1, 0.15) is 22.8 Å². The van der Waals surface area contributed by atoms with Gasteiger partial charge in [-0.15, -0.1) is 0 Å². The first-order chi connectivity index (χ1) is 13.6. The Bertz CT molecular complexity index is 1160. The van der Waals surface area contributed by atoms with Crippen molar-refractivity contribution in [1.29, 1.82) is 0 Å². The predicted octanol–water partition coefficient (Wildman–Crippen LogP) is 4.62. The van der Waals surface area contributed by atoms with E-state index in [0.717, 1.165) is 40.1 Å². The number of fused-ring (bicyclic) bond motifs is 1. The Labute approximate surface area is 163 Å². The van der Waals surface area contributed by atoms with Crippen LogP contribution in [0.5, 0.6) is 5.75 Å². The summed E-state index contributed by atoms with van der Waals surface area (Å²) in [7, 11) is 1.67. The number of hydrogen-bond acceptors (Lipinski definition) is 3. The quantitative estimate of drug-likeness (QED) is 0.535. The van der Waals surface area contributed by atoms with Crippen LogP contribution in [0.25, 0.3) is 22.3 Å². The summed E-state index contributed by atoms with van der Waals surface area (Å²) in [6.45, 7) is 4.86. The molecule has 0 saturated heterocycles. The summed E-state index contributed by atoms with van der Waals surface area (Å²) in [4.78, 5) is 12.5. The first kappa shape index (κ1) is 17.9. The maximum absolute atomic E-state index is 12.5. The van der Waals surface area contributed by atoms with Gasteiger partial charge in [0.1, 0.15) is 5.75 Å². The molecular formula is C22H22N4O2. The highest BCUT2D eigenvalue weighted by molar-refractivity contribution is 6.04. The number of aryl methyl sites for hydroxylation is 2. The van der Waals surface area contributed by atoms with Crippen LogP contribution in [0.15, 0.2) is 54.6 Å². The second kappa shape index (κ2) is 7.23. The van der Waals surface area contributed by atoms with Crippen LogP contribution in [0.4, 0.5) is 5.82 Å². The van der Waals surface area contributed by atoms with Crippen molar-refractivity contribution in [3.8, 4) is 17.1 Å². The normalized spacial score (nSPS) is 11.0. The summed E-state index contributed by atoms with van der Waals surface area (Å²) in [6, 6.07) is 17.5. The Morgan fingerprint density at radius 1 is 1.18 bits per heavy atom. The van der Waals surface area contributed by atoms with Gasteiger partial charge in [0.25, 0.3) is 5.91 Å². The van der Waals surface area contributed by atoms with Gasteiger partial charge in [0.15, 0.2) is 5.82 Å². The SMILES string of the molecule is CCn1c(-c2cc(NC(=O)c3cccc(C)c3)n[nH]2)cc2ccc(OC)cc21. The van der Waals surface area contributed by atoms with Crippen LogP contribution in [0.2, 0.25) is 0 Å². The molecule has 2 heterocycles. The minimum absolute atomic E-state index is 0.178. The molecule has 0 spiro atoms. The minimum Gasteiger partial charge on any atom is -0.497 e. The second-order valence-corrected chi connectivity index (χ2v) is 6.69. The number of carbonyl (C=O) groups excluding carboxylic acids is 1. The van der Waals surface area contributed by atoms with Crippen LogP contribution in [-0.2, 0) is 6.54 Å². The van der Waals surface area contributed by atoms with Gasteiger partial charge in [0.2, 0.25) is 0 Å². The molecular weight excluding hydrogens is 352 g/mol. The Morgan fingerprint density at radius 2 is 2.04 bits per heavy atom. The van der Waals surface area contributed by atoms with E-state index in [9.17, 15) is 4.79 Å². The number of nitrogens with zero attached hydrogens (tertiary/aromatic N) is 2. The lowest BCUT2D eigenvalue weighted by molar-refractivity contribution is 0.102. The molecule has 6 heteroatoms. The van der Waals surface area contributed by atoms with E-state index < -0.39 is 0 Å². The van der Waals surface area contributed by atoms with Crippen LogP contribution in [-0.4, -0.2) is 27.8 Å². The molecule has 0 aliphatic heterocycles. The molecule has 0 aliphatic carbocycles. The lowest BCUT2D eigenvalue weighted by Crippen LogP contribution is -2.12. The second-order valence-electron chi connectivity index (χ2n) is 6.69. The number of anilines is 1. The van der Waals surface area contributed by atoms with Crippen LogP contribution < -0.4 is 10.1 Å². The Balaban J connectivity index is 1.65. The van der Waals surface area contributed by atoms with E-state index in [1.165, 1.54) is 0 Å². The number of carbonyl (C=O) groups is 1. The third-order valence-electron chi connectivity index (χ3n) is 4.80. The molecule has 2 N–H and O–H groups in total. The molecule has 1 amide bonds. The maximum Gasteiger partial charge on any atom is 0.256 e. The number of H-pyrrole nitrogens is 1. The number of ether oxygens (including phenoxy) is 1. The minimum atomic E-state index is -0.178. The number of hydrogen-bond donors (Lipinski definition) is 2. The fourth-order valence-electron chi connectivity index (χ4n) is 3.42. The molecule has 0 aliphatic rings. The van der Waals surface area contributed by atoms with Crippen molar-refractivity contribution in [2.24, 2.45) is 0 Å². The van der Waals surface area contributed by atoms with Gasteiger partial charge in [-0.1, -0.05) is 17.7 Å². The first-order valence-electron chi connectivity index (χ1n) is 9.20. The average Bonchev–Trinajstić information content (AvgIpc) is 3.31. The summed E-state index contributed by atoms with van der Waals surface area (Å²) in [5, 5.41) is 11.3. The Kier molecular flexibility index (Phi) is 4.61. The van der Waals surface area contributed by atoms with E-state index in [2.05, 4.69) is 33.1 Å². The van der Waals surface area contributed by atoms with Crippen LogP contribution in [0.3, 0.4) is 0 Å². The molecule has 0 radical (unpaired) electrons. The van der Waals surface area contributed by atoms with E-state index in [4.69, 9.17) is 4.74 Å². The van der Waals surface area contributed by atoms with Crippen molar-refractivity contribution in [2.45, 2.75) is 20.4 Å². The van der Waals surface area contributed by atoms with Gasteiger partial charge < -0.3 is 14.6 Å². The van der Waals surface area contributed by atoms with Gasteiger partial charge in [0.05, 0.1) is 24.0 Å². The number of nitrogens with one attached hydrogen (secondary N) is 2.